The van der Waals surface area contributed by atoms with Gasteiger partial charge >= 0.3 is 5.97 Å². The maximum absolute atomic E-state index is 12.1. The van der Waals surface area contributed by atoms with Gasteiger partial charge in [0.25, 0.3) is 0 Å². The third-order valence-electron chi connectivity index (χ3n) is 4.66. The van der Waals surface area contributed by atoms with Crippen LogP contribution in [-0.2, 0) is 9.47 Å². The minimum absolute atomic E-state index is 0.0373. The van der Waals surface area contributed by atoms with Gasteiger partial charge in [0.05, 0.1) is 5.56 Å². The number of hydrogen-bond donors (Lipinski definition) is 0. The Bertz CT molecular complexity index is 485. The molecule has 4 heteroatoms. The molecule has 0 saturated carbocycles. The summed E-state index contributed by atoms with van der Waals surface area (Å²) in [6.45, 7) is 0. The molecule has 0 radical (unpaired) electrons. The first kappa shape index (κ1) is 11.4. The highest BCUT2D eigenvalue weighted by Gasteiger charge is 2.62. The Balaban J connectivity index is 1.44. The van der Waals surface area contributed by atoms with Crippen LogP contribution in [0.25, 0.3) is 0 Å². The molecule has 5 atom stereocenters. The molecule has 4 rings (SSSR count). The van der Waals surface area contributed by atoms with Gasteiger partial charge < -0.3 is 9.47 Å². The molecular weight excluding hydrogens is 242 g/mol. The van der Waals surface area contributed by atoms with Crippen molar-refractivity contribution in [2.75, 3.05) is 7.05 Å². The highest BCUT2D eigenvalue weighted by molar-refractivity contribution is 5.89. The topological polar surface area (TPSA) is 42.1 Å². The van der Waals surface area contributed by atoms with E-state index in [1.54, 1.807) is 12.1 Å². The predicted molar refractivity (Wildman–Crippen MR) is 68.9 cm³/mol. The van der Waals surface area contributed by atoms with Crippen molar-refractivity contribution in [3.05, 3.63) is 35.9 Å². The van der Waals surface area contributed by atoms with E-state index in [1.165, 1.54) is 0 Å². The van der Waals surface area contributed by atoms with Crippen molar-refractivity contribution >= 4 is 5.97 Å². The van der Waals surface area contributed by atoms with E-state index in [-0.39, 0.29) is 12.1 Å². The predicted octanol–water partition coefficient (Wildman–Crippen LogP) is 1.46. The van der Waals surface area contributed by atoms with Crippen molar-refractivity contribution in [2.24, 2.45) is 0 Å². The van der Waals surface area contributed by atoms with Gasteiger partial charge in [0.1, 0.15) is 18.3 Å². The Labute approximate surface area is 112 Å². The van der Waals surface area contributed by atoms with E-state index in [0.29, 0.717) is 29.9 Å². The van der Waals surface area contributed by atoms with Gasteiger partial charge in [-0.2, -0.15) is 0 Å². The van der Waals surface area contributed by atoms with Gasteiger partial charge in [-0.1, -0.05) is 18.2 Å². The highest BCUT2D eigenvalue weighted by atomic mass is 16.6. The van der Waals surface area contributed by atoms with Crippen molar-refractivity contribution in [3.63, 3.8) is 0 Å². The molecule has 3 aliphatic heterocycles. The van der Waals surface area contributed by atoms with Gasteiger partial charge in [-0.05, 0) is 19.2 Å². The number of likely N-dealkylation sites (N-methyl/N-ethyl adjacent to an activating group) is 1. The van der Waals surface area contributed by atoms with Crippen LogP contribution in [0.15, 0.2) is 30.3 Å². The van der Waals surface area contributed by atoms with Gasteiger partial charge in [0.2, 0.25) is 0 Å². The number of rotatable bonds is 2. The first-order valence-electron chi connectivity index (χ1n) is 6.87. The van der Waals surface area contributed by atoms with E-state index in [4.69, 9.17) is 9.47 Å². The monoisotopic (exact) mass is 259 g/mol. The summed E-state index contributed by atoms with van der Waals surface area (Å²) in [4.78, 5) is 14.4. The van der Waals surface area contributed by atoms with Crippen LogP contribution in [0.2, 0.25) is 0 Å². The van der Waals surface area contributed by atoms with Crippen LogP contribution >= 0.6 is 0 Å². The molecule has 0 unspecified atom stereocenters. The van der Waals surface area contributed by atoms with Crippen molar-refractivity contribution in [2.45, 2.75) is 43.2 Å². The second-order valence-electron chi connectivity index (χ2n) is 5.73. The largest absolute Gasteiger partial charge is 0.459 e. The van der Waals surface area contributed by atoms with Gasteiger partial charge in [0, 0.05) is 24.9 Å². The third-order valence-corrected chi connectivity index (χ3v) is 4.66. The Hall–Kier alpha value is -1.39. The van der Waals surface area contributed by atoms with Crippen molar-refractivity contribution in [3.8, 4) is 0 Å². The molecule has 1 aromatic rings. The molecule has 0 spiro atoms. The third kappa shape index (κ3) is 1.78. The molecule has 0 amide bonds. The fourth-order valence-electron chi connectivity index (χ4n) is 3.59. The van der Waals surface area contributed by atoms with Crippen LogP contribution in [0.3, 0.4) is 0 Å². The van der Waals surface area contributed by atoms with Crippen molar-refractivity contribution < 1.29 is 14.3 Å². The van der Waals surface area contributed by atoms with Crippen LogP contribution in [0.1, 0.15) is 23.2 Å². The van der Waals surface area contributed by atoms with E-state index in [9.17, 15) is 4.79 Å². The summed E-state index contributed by atoms with van der Waals surface area (Å²) < 4.78 is 11.3. The first-order valence-corrected chi connectivity index (χ1v) is 6.87. The Morgan fingerprint density at radius 2 is 1.84 bits per heavy atom. The smallest absolute Gasteiger partial charge is 0.338 e. The molecule has 19 heavy (non-hydrogen) atoms. The van der Waals surface area contributed by atoms with E-state index in [1.807, 2.05) is 18.2 Å². The van der Waals surface area contributed by atoms with Gasteiger partial charge in [-0.15, -0.1) is 0 Å². The summed E-state index contributed by atoms with van der Waals surface area (Å²) in [5.41, 5.74) is 0.634. The molecule has 2 bridgehead atoms. The standard InChI is InChI=1S/C15H17NO3/c1-16-11-7-10(8-12(16)14-13(11)19-14)18-15(17)9-5-3-2-4-6-9/h2-6,10-14H,7-8H2,1H3/t10-,11-,12+,13-,14+. The molecule has 4 nitrogen and oxygen atoms in total. The number of benzene rings is 1. The minimum atomic E-state index is -0.204. The Kier molecular flexibility index (Phi) is 2.44. The summed E-state index contributed by atoms with van der Waals surface area (Å²) in [5, 5.41) is 0. The minimum Gasteiger partial charge on any atom is -0.459 e. The van der Waals surface area contributed by atoms with Gasteiger partial charge in [0.15, 0.2) is 0 Å². The number of piperidine rings is 1. The Morgan fingerprint density at radius 1 is 1.21 bits per heavy atom. The zero-order chi connectivity index (χ0) is 13.0. The molecule has 0 aromatic heterocycles. The van der Waals surface area contributed by atoms with Crippen LogP contribution < -0.4 is 0 Å². The van der Waals surface area contributed by atoms with E-state index < -0.39 is 0 Å². The second kappa shape index (κ2) is 4.05. The Morgan fingerprint density at radius 3 is 2.47 bits per heavy atom. The number of morpholine rings is 1. The maximum Gasteiger partial charge on any atom is 0.338 e. The van der Waals surface area contributed by atoms with Crippen LogP contribution in [0, 0.1) is 0 Å². The molecule has 100 valence electrons. The number of carbonyl (C=O) groups excluding carboxylic acids is 1. The zero-order valence-electron chi connectivity index (χ0n) is 10.9. The lowest BCUT2D eigenvalue weighted by Gasteiger charge is -2.37. The highest BCUT2D eigenvalue weighted by Crippen LogP contribution is 2.47. The number of esters is 1. The van der Waals surface area contributed by atoms with Crippen LogP contribution in [0.4, 0.5) is 0 Å². The van der Waals surface area contributed by atoms with Crippen LogP contribution in [-0.4, -0.2) is 48.3 Å². The second-order valence-corrected chi connectivity index (χ2v) is 5.73. The zero-order valence-corrected chi connectivity index (χ0v) is 10.9. The number of fused-ring (bicyclic) bond motifs is 5. The van der Waals surface area contributed by atoms with Crippen LogP contribution in [0.5, 0.6) is 0 Å². The van der Waals surface area contributed by atoms with Crippen molar-refractivity contribution in [1.29, 1.82) is 0 Å². The summed E-state index contributed by atoms with van der Waals surface area (Å²) in [7, 11) is 2.15. The number of carbonyl (C=O) groups is 1. The molecule has 3 heterocycles. The maximum atomic E-state index is 12.1. The molecule has 3 saturated heterocycles. The van der Waals surface area contributed by atoms with Gasteiger partial charge in [-0.3, -0.25) is 4.90 Å². The molecule has 0 N–H and O–H groups in total. The summed E-state index contributed by atoms with van der Waals surface area (Å²) >= 11 is 0. The van der Waals surface area contributed by atoms with E-state index in [0.717, 1.165) is 12.8 Å². The lowest BCUT2D eigenvalue weighted by atomic mass is 9.99. The molecular formula is C15H17NO3. The summed E-state index contributed by atoms with van der Waals surface area (Å²) in [6, 6.07) is 10.1. The number of ether oxygens (including phenoxy) is 2. The molecule has 1 aromatic carbocycles. The fourth-order valence-corrected chi connectivity index (χ4v) is 3.59. The lowest BCUT2D eigenvalue weighted by molar-refractivity contribution is -0.0232. The first-order chi connectivity index (χ1) is 9.24. The normalized spacial score (nSPS) is 39.7. The average molecular weight is 259 g/mol. The SMILES string of the molecule is CN1[C@@H]2C[C@@H](OC(=O)c3ccccc3)C[C@H]1[C@@H]1O[C@@H]12. The molecule has 3 fully saturated rings. The summed E-state index contributed by atoms with van der Waals surface area (Å²) in [5.74, 6) is -0.204. The summed E-state index contributed by atoms with van der Waals surface area (Å²) in [6.07, 6.45) is 2.60. The average Bonchev–Trinajstić information content (AvgIpc) is 3.18. The lowest BCUT2D eigenvalue weighted by Crippen LogP contribution is -2.47. The molecule has 0 aliphatic carbocycles. The molecule has 3 aliphatic rings. The van der Waals surface area contributed by atoms with Crippen molar-refractivity contribution in [1.82, 2.24) is 4.90 Å². The fraction of sp³-hybridized carbons (Fsp3) is 0.533. The van der Waals surface area contributed by atoms with Gasteiger partial charge in [-0.25, -0.2) is 4.79 Å². The number of epoxide rings is 1. The van der Waals surface area contributed by atoms with E-state index in [2.05, 4.69) is 11.9 Å². The number of nitrogens with zero attached hydrogens (tertiary/aromatic N) is 1. The quantitative estimate of drug-likeness (QED) is 0.595. The van der Waals surface area contributed by atoms with E-state index >= 15 is 0 Å². The number of hydrogen-bond acceptors (Lipinski definition) is 4.